The van der Waals surface area contributed by atoms with Crippen molar-refractivity contribution in [3.63, 3.8) is 0 Å². The lowest BCUT2D eigenvalue weighted by Gasteiger charge is -2.18. The SMILES string of the molecule is CC/C=C\C/C=C\C/C=C\C/C=C\C/C=C\C/C=C\C/C=C\CCCCCCCCCCCC(=O)OCC(COC(=O)CCCCCCCCC)OC(=O)CCCCCCCCC/C=C\C/C=C\CCCCCC. The summed E-state index contributed by atoms with van der Waals surface area (Å²) in [5, 5.41) is 0. The van der Waals surface area contributed by atoms with Crippen LogP contribution in [0.1, 0.15) is 284 Å². The third kappa shape index (κ3) is 59.0. The van der Waals surface area contributed by atoms with E-state index in [2.05, 4.69) is 130 Å². The van der Waals surface area contributed by atoms with Crippen LogP contribution in [0.25, 0.3) is 0 Å². The number of carbonyl (C=O) groups is 3. The molecule has 0 aromatic heterocycles. The number of allylic oxidation sites excluding steroid dienone is 18. The fraction of sp³-hybridized carbons (Fsp3) is 0.691. The summed E-state index contributed by atoms with van der Waals surface area (Å²) in [6, 6.07) is 0. The Balaban J connectivity index is 4.16. The molecule has 1 unspecified atom stereocenters. The zero-order chi connectivity index (χ0) is 53.6. The molecule has 0 fully saturated rings. The van der Waals surface area contributed by atoms with Crippen LogP contribution in [0, 0.1) is 0 Å². The minimum absolute atomic E-state index is 0.0822. The Bertz CT molecular complexity index is 1510. The Morgan fingerprint density at radius 1 is 0.284 bits per heavy atom. The second kappa shape index (κ2) is 61.6. The van der Waals surface area contributed by atoms with Gasteiger partial charge in [-0.15, -0.1) is 0 Å². The number of esters is 3. The molecule has 0 saturated heterocycles. The standard InChI is InChI=1S/C68H114O6/c1-4-7-10-13-16-18-20-22-24-26-28-29-30-31-32-33-34-35-36-37-38-39-40-42-43-45-47-49-52-55-58-61-67(70)73-64-65(63-72-66(69)60-57-54-51-15-12-9-6-3)74-68(71)62-59-56-53-50-48-46-44-41-27-25-23-21-19-17-14-11-8-5-2/h7,10,16,18-19,21-22,24-25,27-29,31-32,34-35,37-38,65H,4-6,8-9,11-15,17,20,23,26,30,33,36,39-64H2,1-3H3/b10-7-,18-16-,21-19-,24-22-,27-25-,29-28-,32-31-,35-34-,38-37-. The molecule has 6 heteroatoms. The monoisotopic (exact) mass is 1030 g/mol. The molecule has 0 aromatic carbocycles. The Hall–Kier alpha value is -3.93. The normalized spacial score (nSPS) is 12.9. The molecule has 0 aliphatic heterocycles. The summed E-state index contributed by atoms with van der Waals surface area (Å²) in [4.78, 5) is 38.0. The molecular formula is C68H114O6. The predicted molar refractivity (Wildman–Crippen MR) is 320 cm³/mol. The first-order valence-corrected chi connectivity index (χ1v) is 30.9. The lowest BCUT2D eigenvalue weighted by Crippen LogP contribution is -2.30. The minimum atomic E-state index is -0.783. The summed E-state index contributed by atoms with van der Waals surface area (Å²) < 4.78 is 16.8. The van der Waals surface area contributed by atoms with E-state index < -0.39 is 6.10 Å². The van der Waals surface area contributed by atoms with Gasteiger partial charge >= 0.3 is 17.9 Å². The molecule has 0 rings (SSSR count). The molecule has 0 radical (unpaired) electrons. The van der Waals surface area contributed by atoms with Crippen molar-refractivity contribution in [2.75, 3.05) is 13.2 Å². The van der Waals surface area contributed by atoms with Crippen molar-refractivity contribution in [3.8, 4) is 0 Å². The van der Waals surface area contributed by atoms with E-state index in [0.717, 1.165) is 122 Å². The van der Waals surface area contributed by atoms with Gasteiger partial charge in [-0.2, -0.15) is 0 Å². The maximum Gasteiger partial charge on any atom is 0.306 e. The highest BCUT2D eigenvalue weighted by molar-refractivity contribution is 5.71. The van der Waals surface area contributed by atoms with E-state index in [-0.39, 0.29) is 31.1 Å². The maximum absolute atomic E-state index is 12.8. The van der Waals surface area contributed by atoms with E-state index in [9.17, 15) is 14.4 Å². The van der Waals surface area contributed by atoms with Crippen LogP contribution in [-0.2, 0) is 28.6 Å². The molecule has 0 heterocycles. The molecule has 422 valence electrons. The first-order chi connectivity index (χ1) is 36.5. The maximum atomic E-state index is 12.8. The van der Waals surface area contributed by atoms with Gasteiger partial charge in [0.05, 0.1) is 0 Å². The molecule has 0 aliphatic rings. The van der Waals surface area contributed by atoms with E-state index in [1.807, 2.05) is 0 Å². The molecule has 0 spiro atoms. The van der Waals surface area contributed by atoms with Gasteiger partial charge in [0.2, 0.25) is 0 Å². The summed E-state index contributed by atoms with van der Waals surface area (Å²) in [5.41, 5.74) is 0. The lowest BCUT2D eigenvalue weighted by molar-refractivity contribution is -0.167. The van der Waals surface area contributed by atoms with Gasteiger partial charge in [-0.05, 0) is 109 Å². The summed E-state index contributed by atoms with van der Waals surface area (Å²) in [6.07, 6.45) is 83.9. The Morgan fingerprint density at radius 2 is 0.527 bits per heavy atom. The molecule has 0 aromatic rings. The number of rotatable bonds is 55. The average molecular weight is 1030 g/mol. The zero-order valence-corrected chi connectivity index (χ0v) is 48.3. The number of ether oxygens (including phenoxy) is 3. The fourth-order valence-corrected chi connectivity index (χ4v) is 8.39. The van der Waals surface area contributed by atoms with Crippen LogP contribution in [0.15, 0.2) is 109 Å². The van der Waals surface area contributed by atoms with E-state index >= 15 is 0 Å². The van der Waals surface area contributed by atoms with E-state index in [0.29, 0.717) is 19.3 Å². The lowest BCUT2D eigenvalue weighted by atomic mass is 10.1. The number of carbonyl (C=O) groups excluding carboxylic acids is 3. The minimum Gasteiger partial charge on any atom is -0.462 e. The summed E-state index contributed by atoms with van der Waals surface area (Å²) in [6.45, 7) is 6.46. The molecule has 0 N–H and O–H groups in total. The fourth-order valence-electron chi connectivity index (χ4n) is 8.39. The van der Waals surface area contributed by atoms with Crippen LogP contribution < -0.4 is 0 Å². The topological polar surface area (TPSA) is 78.9 Å². The van der Waals surface area contributed by atoms with Gasteiger partial charge in [-0.25, -0.2) is 0 Å². The number of hydrogen-bond donors (Lipinski definition) is 0. The predicted octanol–water partition coefficient (Wildman–Crippen LogP) is 21.0. The highest BCUT2D eigenvalue weighted by Gasteiger charge is 2.19. The van der Waals surface area contributed by atoms with Crippen molar-refractivity contribution >= 4 is 17.9 Å². The molecule has 0 saturated carbocycles. The molecule has 0 bridgehead atoms. The third-order valence-electron chi connectivity index (χ3n) is 13.0. The van der Waals surface area contributed by atoms with Crippen molar-refractivity contribution < 1.29 is 28.6 Å². The Kier molecular flexibility index (Phi) is 58.3. The van der Waals surface area contributed by atoms with E-state index in [1.54, 1.807) is 0 Å². The summed E-state index contributed by atoms with van der Waals surface area (Å²) >= 11 is 0. The molecule has 0 aliphatic carbocycles. The molecular weight excluding hydrogens is 913 g/mol. The largest absolute Gasteiger partial charge is 0.462 e. The second-order valence-electron chi connectivity index (χ2n) is 20.2. The molecule has 0 amide bonds. The zero-order valence-electron chi connectivity index (χ0n) is 48.3. The van der Waals surface area contributed by atoms with Gasteiger partial charge in [-0.3, -0.25) is 14.4 Å². The average Bonchev–Trinajstić information content (AvgIpc) is 3.40. The van der Waals surface area contributed by atoms with Gasteiger partial charge in [0.25, 0.3) is 0 Å². The Labute approximate surface area is 457 Å². The highest BCUT2D eigenvalue weighted by Crippen LogP contribution is 2.15. The van der Waals surface area contributed by atoms with Crippen LogP contribution in [0.3, 0.4) is 0 Å². The van der Waals surface area contributed by atoms with Gasteiger partial charge in [0.15, 0.2) is 6.10 Å². The second-order valence-corrected chi connectivity index (χ2v) is 20.2. The van der Waals surface area contributed by atoms with Crippen LogP contribution >= 0.6 is 0 Å². The smallest absolute Gasteiger partial charge is 0.306 e. The van der Waals surface area contributed by atoms with Crippen LogP contribution in [0.2, 0.25) is 0 Å². The van der Waals surface area contributed by atoms with Crippen LogP contribution in [0.4, 0.5) is 0 Å². The Morgan fingerprint density at radius 3 is 0.838 bits per heavy atom. The molecule has 1 atom stereocenters. The van der Waals surface area contributed by atoms with Crippen molar-refractivity contribution in [2.24, 2.45) is 0 Å². The van der Waals surface area contributed by atoms with Crippen molar-refractivity contribution in [2.45, 2.75) is 290 Å². The van der Waals surface area contributed by atoms with Gasteiger partial charge in [0.1, 0.15) is 13.2 Å². The highest BCUT2D eigenvalue weighted by atomic mass is 16.6. The van der Waals surface area contributed by atoms with Gasteiger partial charge in [-0.1, -0.05) is 265 Å². The number of unbranched alkanes of at least 4 members (excludes halogenated alkanes) is 26. The first kappa shape index (κ1) is 70.1. The quantitative estimate of drug-likeness (QED) is 0.0261. The number of hydrogen-bond acceptors (Lipinski definition) is 6. The van der Waals surface area contributed by atoms with Crippen LogP contribution in [-0.4, -0.2) is 37.2 Å². The molecule has 74 heavy (non-hydrogen) atoms. The van der Waals surface area contributed by atoms with Crippen molar-refractivity contribution in [1.82, 2.24) is 0 Å². The van der Waals surface area contributed by atoms with E-state index in [4.69, 9.17) is 14.2 Å². The van der Waals surface area contributed by atoms with Crippen molar-refractivity contribution in [3.05, 3.63) is 109 Å². The third-order valence-corrected chi connectivity index (χ3v) is 13.0. The summed E-state index contributed by atoms with van der Waals surface area (Å²) in [5.74, 6) is -0.900. The molecule has 6 nitrogen and oxygen atoms in total. The van der Waals surface area contributed by atoms with Gasteiger partial charge in [0, 0.05) is 19.3 Å². The van der Waals surface area contributed by atoms with Crippen molar-refractivity contribution in [1.29, 1.82) is 0 Å². The first-order valence-electron chi connectivity index (χ1n) is 30.9. The van der Waals surface area contributed by atoms with Crippen LogP contribution in [0.5, 0.6) is 0 Å². The van der Waals surface area contributed by atoms with E-state index in [1.165, 1.54) is 122 Å². The van der Waals surface area contributed by atoms with Gasteiger partial charge < -0.3 is 14.2 Å². The summed E-state index contributed by atoms with van der Waals surface area (Å²) in [7, 11) is 0.